The Hall–Kier alpha value is -1.20. The third-order valence-corrected chi connectivity index (χ3v) is 2.49. The van der Waals surface area contributed by atoms with Crippen molar-refractivity contribution in [3.8, 4) is 11.6 Å². The third kappa shape index (κ3) is 3.38. The molecule has 17 heavy (non-hydrogen) atoms. The van der Waals surface area contributed by atoms with Crippen LogP contribution in [0.4, 0.5) is 4.39 Å². The van der Waals surface area contributed by atoms with E-state index < -0.39 is 5.82 Å². The maximum absolute atomic E-state index is 13.1. The Kier molecular flexibility index (Phi) is 3.59. The Labute approximate surface area is 111 Å². The Morgan fingerprint density at radius 3 is 2.65 bits per heavy atom. The highest BCUT2D eigenvalue weighted by atomic mass is 79.9. The number of nitrogens with zero attached hydrogens (tertiary/aromatic N) is 2. The molecule has 0 fully saturated rings. The lowest BCUT2D eigenvalue weighted by Gasteiger charge is -2.06. The van der Waals surface area contributed by atoms with Crippen molar-refractivity contribution in [1.29, 1.82) is 0 Å². The molecule has 0 amide bonds. The van der Waals surface area contributed by atoms with Crippen LogP contribution in [0, 0.1) is 12.7 Å². The standard InChI is InChI=1S/C11H7BrClFN2O/c1-6-15-10(13)5-11(16-6)17-9-3-7(12)2-8(14)4-9/h2-5H,1H3. The molecule has 88 valence electrons. The molecule has 2 aromatic rings. The van der Waals surface area contributed by atoms with Gasteiger partial charge in [-0.3, -0.25) is 0 Å². The molecule has 1 aromatic carbocycles. The Morgan fingerprint density at radius 2 is 2.00 bits per heavy atom. The topological polar surface area (TPSA) is 35.0 Å². The maximum atomic E-state index is 13.1. The minimum Gasteiger partial charge on any atom is -0.439 e. The molecule has 0 atom stereocenters. The Balaban J connectivity index is 2.31. The summed E-state index contributed by atoms with van der Waals surface area (Å²) in [5.41, 5.74) is 0. The Morgan fingerprint density at radius 1 is 1.24 bits per heavy atom. The lowest BCUT2D eigenvalue weighted by molar-refractivity contribution is 0.455. The molecule has 0 unspecified atom stereocenters. The van der Waals surface area contributed by atoms with Crippen LogP contribution in [0.15, 0.2) is 28.7 Å². The number of hydrogen-bond donors (Lipinski definition) is 0. The van der Waals surface area contributed by atoms with Gasteiger partial charge in [-0.15, -0.1) is 0 Å². The minimum absolute atomic E-state index is 0.278. The van der Waals surface area contributed by atoms with E-state index in [1.165, 1.54) is 18.2 Å². The van der Waals surface area contributed by atoms with E-state index >= 15 is 0 Å². The molecule has 1 heterocycles. The van der Waals surface area contributed by atoms with E-state index in [1.54, 1.807) is 13.0 Å². The first-order chi connectivity index (χ1) is 8.02. The number of hydrogen-bond acceptors (Lipinski definition) is 3. The van der Waals surface area contributed by atoms with Gasteiger partial charge in [0.1, 0.15) is 22.5 Å². The van der Waals surface area contributed by atoms with Gasteiger partial charge in [-0.1, -0.05) is 27.5 Å². The molecule has 0 aliphatic carbocycles. The average Bonchev–Trinajstić information content (AvgIpc) is 2.13. The first-order valence-electron chi connectivity index (χ1n) is 4.68. The average molecular weight is 318 g/mol. The van der Waals surface area contributed by atoms with Crippen LogP contribution in [0.25, 0.3) is 0 Å². The van der Waals surface area contributed by atoms with Gasteiger partial charge in [0.15, 0.2) is 0 Å². The molecule has 0 bridgehead atoms. The van der Waals surface area contributed by atoms with E-state index in [4.69, 9.17) is 16.3 Å². The quantitative estimate of drug-likeness (QED) is 0.781. The van der Waals surface area contributed by atoms with Crippen LogP contribution in [0.2, 0.25) is 5.15 Å². The highest BCUT2D eigenvalue weighted by Crippen LogP contribution is 2.25. The molecule has 6 heteroatoms. The van der Waals surface area contributed by atoms with Gasteiger partial charge in [0.05, 0.1) is 0 Å². The number of halogens is 3. The number of benzene rings is 1. The largest absolute Gasteiger partial charge is 0.439 e. The highest BCUT2D eigenvalue weighted by molar-refractivity contribution is 9.10. The number of ether oxygens (including phenoxy) is 1. The van der Waals surface area contributed by atoms with Gasteiger partial charge >= 0.3 is 0 Å². The van der Waals surface area contributed by atoms with E-state index in [1.807, 2.05) is 0 Å². The van der Waals surface area contributed by atoms with Crippen molar-refractivity contribution in [2.45, 2.75) is 6.92 Å². The summed E-state index contributed by atoms with van der Waals surface area (Å²) in [5.74, 6) is 0.709. The fourth-order valence-electron chi connectivity index (χ4n) is 1.27. The molecule has 2 rings (SSSR count). The van der Waals surface area contributed by atoms with Crippen molar-refractivity contribution in [3.05, 3.63) is 45.5 Å². The number of aromatic nitrogens is 2. The molecule has 0 spiro atoms. The van der Waals surface area contributed by atoms with E-state index in [2.05, 4.69) is 25.9 Å². The van der Waals surface area contributed by atoms with Crippen LogP contribution in [0.1, 0.15) is 5.82 Å². The van der Waals surface area contributed by atoms with Crippen molar-refractivity contribution < 1.29 is 9.13 Å². The van der Waals surface area contributed by atoms with Crippen LogP contribution in [-0.2, 0) is 0 Å². The van der Waals surface area contributed by atoms with Gasteiger partial charge in [-0.05, 0) is 19.1 Å². The smallest absolute Gasteiger partial charge is 0.224 e. The minimum atomic E-state index is -0.397. The molecule has 0 N–H and O–H groups in total. The maximum Gasteiger partial charge on any atom is 0.224 e. The third-order valence-electron chi connectivity index (χ3n) is 1.84. The summed E-state index contributed by atoms with van der Waals surface area (Å²) < 4.78 is 19.1. The van der Waals surface area contributed by atoms with Crippen LogP contribution >= 0.6 is 27.5 Å². The van der Waals surface area contributed by atoms with Crippen LogP contribution in [0.3, 0.4) is 0 Å². The van der Waals surface area contributed by atoms with Crippen LogP contribution in [-0.4, -0.2) is 9.97 Å². The van der Waals surface area contributed by atoms with Gasteiger partial charge in [0.2, 0.25) is 5.88 Å². The second-order valence-corrected chi connectivity index (χ2v) is 4.59. The van der Waals surface area contributed by atoms with Crippen LogP contribution in [0.5, 0.6) is 11.6 Å². The van der Waals surface area contributed by atoms with Crippen molar-refractivity contribution in [1.82, 2.24) is 9.97 Å². The SMILES string of the molecule is Cc1nc(Cl)cc(Oc2cc(F)cc(Br)c2)n1. The van der Waals surface area contributed by atoms with Gasteiger partial charge in [0.25, 0.3) is 0 Å². The number of aryl methyl sites for hydroxylation is 1. The molecule has 0 saturated carbocycles. The lowest BCUT2D eigenvalue weighted by Crippen LogP contribution is -1.93. The summed E-state index contributed by atoms with van der Waals surface area (Å²) in [7, 11) is 0. The van der Waals surface area contributed by atoms with E-state index in [0.717, 1.165) is 0 Å². The van der Waals surface area contributed by atoms with E-state index in [0.29, 0.717) is 16.0 Å². The highest BCUT2D eigenvalue weighted by Gasteiger charge is 2.05. The zero-order valence-electron chi connectivity index (χ0n) is 8.75. The van der Waals surface area contributed by atoms with Gasteiger partial charge < -0.3 is 4.74 Å². The number of rotatable bonds is 2. The monoisotopic (exact) mass is 316 g/mol. The Bertz CT molecular complexity index is 475. The van der Waals surface area contributed by atoms with Gasteiger partial charge in [0, 0.05) is 16.6 Å². The first kappa shape index (κ1) is 12.3. The zero-order chi connectivity index (χ0) is 12.4. The molecule has 0 aliphatic rings. The second-order valence-electron chi connectivity index (χ2n) is 3.28. The zero-order valence-corrected chi connectivity index (χ0v) is 11.1. The summed E-state index contributed by atoms with van der Waals surface area (Å²) >= 11 is 8.94. The predicted molar refractivity (Wildman–Crippen MR) is 66.0 cm³/mol. The molecule has 1 aromatic heterocycles. The molecular formula is C11H7BrClFN2O. The summed E-state index contributed by atoms with van der Waals surface area (Å²) in [6.07, 6.45) is 0. The summed E-state index contributed by atoms with van der Waals surface area (Å²) in [6, 6.07) is 5.70. The molecule has 0 saturated heterocycles. The fraction of sp³-hybridized carbons (Fsp3) is 0.0909. The van der Waals surface area contributed by atoms with Crippen molar-refractivity contribution >= 4 is 27.5 Å². The van der Waals surface area contributed by atoms with Gasteiger partial charge in [-0.2, -0.15) is 4.98 Å². The second kappa shape index (κ2) is 4.98. The van der Waals surface area contributed by atoms with Gasteiger partial charge in [-0.25, -0.2) is 9.37 Å². The molecule has 0 aliphatic heterocycles. The molecule has 0 radical (unpaired) electrons. The summed E-state index contributed by atoms with van der Waals surface area (Å²) in [5, 5.41) is 0.281. The van der Waals surface area contributed by atoms with Crippen LogP contribution < -0.4 is 4.74 Å². The first-order valence-corrected chi connectivity index (χ1v) is 5.85. The van der Waals surface area contributed by atoms with Crippen molar-refractivity contribution in [3.63, 3.8) is 0 Å². The van der Waals surface area contributed by atoms with Crippen molar-refractivity contribution in [2.24, 2.45) is 0 Å². The van der Waals surface area contributed by atoms with E-state index in [-0.39, 0.29) is 11.0 Å². The summed E-state index contributed by atoms with van der Waals surface area (Å²) in [6.45, 7) is 1.69. The summed E-state index contributed by atoms with van der Waals surface area (Å²) in [4.78, 5) is 7.94. The fourth-order valence-corrected chi connectivity index (χ4v) is 1.93. The van der Waals surface area contributed by atoms with Crippen molar-refractivity contribution in [2.75, 3.05) is 0 Å². The molecular weight excluding hydrogens is 310 g/mol. The van der Waals surface area contributed by atoms with E-state index in [9.17, 15) is 4.39 Å². The lowest BCUT2D eigenvalue weighted by atomic mass is 10.3. The normalized spacial score (nSPS) is 10.4. The predicted octanol–water partition coefficient (Wildman–Crippen LogP) is 4.13. The molecule has 3 nitrogen and oxygen atoms in total.